The van der Waals surface area contributed by atoms with Crippen molar-refractivity contribution in [1.29, 1.82) is 0 Å². The molecule has 0 bridgehead atoms. The summed E-state index contributed by atoms with van der Waals surface area (Å²) in [5, 5.41) is 3.39. The van der Waals surface area contributed by atoms with Gasteiger partial charge in [0.2, 0.25) is 5.95 Å². The smallest absolute Gasteiger partial charge is 0.222 e. The molecule has 2 atom stereocenters. The largest absolute Gasteiger partial charge is 0.351 e. The van der Waals surface area contributed by atoms with Crippen molar-refractivity contribution in [3.05, 3.63) is 18.5 Å². The quantitative estimate of drug-likeness (QED) is 0.780. The third-order valence-corrected chi connectivity index (χ3v) is 2.84. The minimum Gasteiger partial charge on any atom is -0.351 e. The summed E-state index contributed by atoms with van der Waals surface area (Å²) in [6.45, 7) is 2.32. The summed E-state index contributed by atoms with van der Waals surface area (Å²) in [7, 11) is 0. The maximum absolute atomic E-state index is 4.18. The molecule has 76 valence electrons. The van der Waals surface area contributed by atoms with Gasteiger partial charge >= 0.3 is 0 Å². The van der Waals surface area contributed by atoms with Crippen LogP contribution in [0.15, 0.2) is 18.5 Å². The third kappa shape index (κ3) is 2.44. The molecule has 14 heavy (non-hydrogen) atoms. The normalized spacial score (nSPS) is 27.2. The molecule has 1 aromatic rings. The van der Waals surface area contributed by atoms with E-state index >= 15 is 0 Å². The van der Waals surface area contributed by atoms with Crippen molar-refractivity contribution in [1.82, 2.24) is 9.97 Å². The molecule has 0 spiro atoms. The molecule has 1 heterocycles. The average Bonchev–Trinajstić information content (AvgIpc) is 2.19. The standard InChI is InChI=1S/C11H17N3/c1-9-4-2-5-10(8-9)14-11-12-6-3-7-13-11/h3,6-7,9-10H,2,4-5,8H2,1H3,(H,12,13,14). The minimum atomic E-state index is 0.571. The van der Waals surface area contributed by atoms with Crippen molar-refractivity contribution >= 4 is 5.95 Å². The van der Waals surface area contributed by atoms with Crippen LogP contribution in [0.2, 0.25) is 0 Å². The van der Waals surface area contributed by atoms with E-state index in [4.69, 9.17) is 0 Å². The van der Waals surface area contributed by atoms with Crippen LogP contribution in [0, 0.1) is 5.92 Å². The Labute approximate surface area is 85.0 Å². The second kappa shape index (κ2) is 4.40. The predicted molar refractivity (Wildman–Crippen MR) is 57.1 cm³/mol. The molecular weight excluding hydrogens is 174 g/mol. The zero-order valence-electron chi connectivity index (χ0n) is 8.61. The van der Waals surface area contributed by atoms with Gasteiger partial charge in [-0.15, -0.1) is 0 Å². The second-order valence-corrected chi connectivity index (χ2v) is 4.19. The van der Waals surface area contributed by atoms with Gasteiger partial charge in [0.15, 0.2) is 0 Å². The number of nitrogens with zero attached hydrogens (tertiary/aromatic N) is 2. The highest BCUT2D eigenvalue weighted by molar-refractivity contribution is 5.24. The fourth-order valence-electron chi connectivity index (χ4n) is 2.12. The van der Waals surface area contributed by atoms with Crippen LogP contribution in [-0.2, 0) is 0 Å². The van der Waals surface area contributed by atoms with Crippen LogP contribution in [0.25, 0.3) is 0 Å². The monoisotopic (exact) mass is 191 g/mol. The van der Waals surface area contributed by atoms with Gasteiger partial charge in [-0.25, -0.2) is 9.97 Å². The first kappa shape index (κ1) is 9.44. The molecule has 0 amide bonds. The average molecular weight is 191 g/mol. The Morgan fingerprint density at radius 3 is 2.79 bits per heavy atom. The van der Waals surface area contributed by atoms with Gasteiger partial charge in [-0.2, -0.15) is 0 Å². The number of nitrogens with one attached hydrogen (secondary N) is 1. The minimum absolute atomic E-state index is 0.571. The lowest BCUT2D eigenvalue weighted by Crippen LogP contribution is -2.26. The van der Waals surface area contributed by atoms with Crippen molar-refractivity contribution in [3.8, 4) is 0 Å². The van der Waals surface area contributed by atoms with Crippen molar-refractivity contribution in [2.75, 3.05) is 5.32 Å². The maximum Gasteiger partial charge on any atom is 0.222 e. The van der Waals surface area contributed by atoms with Gasteiger partial charge in [-0.1, -0.05) is 19.8 Å². The van der Waals surface area contributed by atoms with E-state index < -0.39 is 0 Å². The Hall–Kier alpha value is -1.12. The Balaban J connectivity index is 1.91. The molecule has 2 rings (SSSR count). The fraction of sp³-hybridized carbons (Fsp3) is 0.636. The van der Waals surface area contributed by atoms with Crippen LogP contribution >= 0.6 is 0 Å². The summed E-state index contributed by atoms with van der Waals surface area (Å²) in [4.78, 5) is 8.35. The maximum atomic E-state index is 4.18. The molecule has 0 aliphatic heterocycles. The zero-order chi connectivity index (χ0) is 9.80. The Bertz CT molecular complexity index is 273. The number of aromatic nitrogens is 2. The van der Waals surface area contributed by atoms with Crippen LogP contribution in [-0.4, -0.2) is 16.0 Å². The van der Waals surface area contributed by atoms with Gasteiger partial charge in [-0.05, 0) is 24.8 Å². The molecule has 1 N–H and O–H groups in total. The second-order valence-electron chi connectivity index (χ2n) is 4.19. The van der Waals surface area contributed by atoms with Gasteiger partial charge in [0, 0.05) is 18.4 Å². The molecule has 1 aromatic heterocycles. The molecular formula is C11H17N3. The number of anilines is 1. The lowest BCUT2D eigenvalue weighted by Gasteiger charge is -2.27. The summed E-state index contributed by atoms with van der Waals surface area (Å²) >= 11 is 0. The molecule has 1 saturated carbocycles. The highest BCUT2D eigenvalue weighted by Crippen LogP contribution is 2.25. The summed E-state index contributed by atoms with van der Waals surface area (Å²) in [6, 6.07) is 2.41. The van der Waals surface area contributed by atoms with Crippen LogP contribution in [0.3, 0.4) is 0 Å². The van der Waals surface area contributed by atoms with Crippen LogP contribution in [0.1, 0.15) is 32.6 Å². The molecule has 2 unspecified atom stereocenters. The molecule has 0 aromatic carbocycles. The van der Waals surface area contributed by atoms with Gasteiger partial charge in [0.1, 0.15) is 0 Å². The van der Waals surface area contributed by atoms with Crippen molar-refractivity contribution in [2.24, 2.45) is 5.92 Å². The first-order valence-corrected chi connectivity index (χ1v) is 5.38. The first-order valence-electron chi connectivity index (χ1n) is 5.38. The number of rotatable bonds is 2. The highest BCUT2D eigenvalue weighted by atomic mass is 15.1. The van der Waals surface area contributed by atoms with E-state index in [1.165, 1.54) is 25.7 Å². The number of hydrogen-bond donors (Lipinski definition) is 1. The van der Waals surface area contributed by atoms with E-state index in [-0.39, 0.29) is 0 Å². The lowest BCUT2D eigenvalue weighted by atomic mass is 9.87. The van der Waals surface area contributed by atoms with E-state index in [2.05, 4.69) is 22.2 Å². The summed E-state index contributed by atoms with van der Waals surface area (Å²) < 4.78 is 0. The topological polar surface area (TPSA) is 37.8 Å². The van der Waals surface area contributed by atoms with Crippen molar-refractivity contribution in [2.45, 2.75) is 38.6 Å². The number of hydrogen-bond acceptors (Lipinski definition) is 3. The molecule has 3 heteroatoms. The Morgan fingerprint density at radius 2 is 2.07 bits per heavy atom. The Morgan fingerprint density at radius 1 is 1.29 bits per heavy atom. The predicted octanol–water partition coefficient (Wildman–Crippen LogP) is 2.47. The molecule has 1 aliphatic rings. The van der Waals surface area contributed by atoms with E-state index in [1.807, 2.05) is 6.07 Å². The molecule has 0 saturated heterocycles. The molecule has 1 aliphatic carbocycles. The molecule has 3 nitrogen and oxygen atoms in total. The van der Waals surface area contributed by atoms with Gasteiger partial charge in [0.05, 0.1) is 0 Å². The summed E-state index contributed by atoms with van der Waals surface area (Å²) in [6.07, 6.45) is 8.75. The van der Waals surface area contributed by atoms with Crippen LogP contribution in [0.5, 0.6) is 0 Å². The van der Waals surface area contributed by atoms with E-state index in [9.17, 15) is 0 Å². The van der Waals surface area contributed by atoms with Crippen molar-refractivity contribution < 1.29 is 0 Å². The van der Waals surface area contributed by atoms with Crippen LogP contribution < -0.4 is 5.32 Å². The highest BCUT2D eigenvalue weighted by Gasteiger charge is 2.18. The van der Waals surface area contributed by atoms with Gasteiger partial charge < -0.3 is 5.32 Å². The fourth-order valence-corrected chi connectivity index (χ4v) is 2.12. The molecule has 0 radical (unpaired) electrons. The van der Waals surface area contributed by atoms with E-state index in [0.717, 1.165) is 11.9 Å². The molecule has 1 fully saturated rings. The van der Waals surface area contributed by atoms with Crippen LogP contribution in [0.4, 0.5) is 5.95 Å². The van der Waals surface area contributed by atoms with Gasteiger partial charge in [-0.3, -0.25) is 0 Å². The van der Waals surface area contributed by atoms with Gasteiger partial charge in [0.25, 0.3) is 0 Å². The summed E-state index contributed by atoms with van der Waals surface area (Å²) in [5.41, 5.74) is 0. The lowest BCUT2D eigenvalue weighted by molar-refractivity contribution is 0.357. The van der Waals surface area contributed by atoms with Crippen molar-refractivity contribution in [3.63, 3.8) is 0 Å². The first-order chi connectivity index (χ1) is 6.84. The summed E-state index contributed by atoms with van der Waals surface area (Å²) in [5.74, 6) is 1.61. The SMILES string of the molecule is CC1CCCC(Nc2ncccn2)C1. The van der Waals surface area contributed by atoms with E-state index in [1.54, 1.807) is 12.4 Å². The Kier molecular flexibility index (Phi) is 2.96. The zero-order valence-corrected chi connectivity index (χ0v) is 8.61. The third-order valence-electron chi connectivity index (χ3n) is 2.84. The van der Waals surface area contributed by atoms with E-state index in [0.29, 0.717) is 6.04 Å².